The van der Waals surface area contributed by atoms with Crippen LogP contribution in [0.25, 0.3) is 0 Å². The van der Waals surface area contributed by atoms with Crippen LogP contribution in [0.2, 0.25) is 0 Å². The van der Waals surface area contributed by atoms with Gasteiger partial charge in [-0.05, 0) is 49.2 Å². The Morgan fingerprint density at radius 2 is 1.89 bits per heavy atom. The highest BCUT2D eigenvalue weighted by atomic mass is 32.2. The Hall–Kier alpha value is -1.99. The maximum absolute atomic E-state index is 12.6. The van der Waals surface area contributed by atoms with Crippen LogP contribution in [-0.4, -0.2) is 36.1 Å². The van der Waals surface area contributed by atoms with Gasteiger partial charge >= 0.3 is 6.18 Å². The molecule has 0 spiro atoms. The smallest absolute Gasteiger partial charge is 0.417 e. The lowest BCUT2D eigenvalue weighted by Gasteiger charge is -2.22. The largest absolute Gasteiger partial charge is 0.494 e. The molecule has 144 valence electrons. The summed E-state index contributed by atoms with van der Waals surface area (Å²) in [5, 5.41) is 0.521. The SMILES string of the molecule is FC(F)(F)c1ccc(Sc2ccc(OCCCN3CC=CCC3)cc2)nc1. The van der Waals surface area contributed by atoms with Crippen LogP contribution in [0.15, 0.2) is 64.7 Å². The number of rotatable bonds is 7. The molecule has 0 bridgehead atoms. The molecule has 0 fully saturated rings. The number of ether oxygens (including phenoxy) is 1. The van der Waals surface area contributed by atoms with Crippen LogP contribution in [0.1, 0.15) is 18.4 Å². The minimum Gasteiger partial charge on any atom is -0.494 e. The highest BCUT2D eigenvalue weighted by molar-refractivity contribution is 7.99. The van der Waals surface area contributed by atoms with E-state index in [0.717, 1.165) is 55.4 Å². The molecule has 3 nitrogen and oxygen atoms in total. The molecule has 0 saturated heterocycles. The molecule has 0 N–H and O–H groups in total. The molecule has 1 aliphatic heterocycles. The van der Waals surface area contributed by atoms with Crippen LogP contribution in [0, 0.1) is 0 Å². The van der Waals surface area contributed by atoms with Gasteiger partial charge in [-0.1, -0.05) is 23.9 Å². The maximum atomic E-state index is 12.6. The summed E-state index contributed by atoms with van der Waals surface area (Å²) in [6.45, 7) is 3.81. The highest BCUT2D eigenvalue weighted by Crippen LogP contribution is 2.32. The van der Waals surface area contributed by atoms with Crippen molar-refractivity contribution in [3.63, 3.8) is 0 Å². The molecule has 7 heteroatoms. The summed E-state index contributed by atoms with van der Waals surface area (Å²) in [5.74, 6) is 0.790. The normalized spacial score (nSPS) is 15.1. The number of pyridine rings is 1. The molecule has 0 atom stereocenters. The number of nitrogens with zero attached hydrogens (tertiary/aromatic N) is 2. The number of benzene rings is 1. The third kappa shape index (κ3) is 6.29. The lowest BCUT2D eigenvalue weighted by Crippen LogP contribution is -2.29. The van der Waals surface area contributed by atoms with Crippen LogP contribution in [0.5, 0.6) is 5.75 Å². The summed E-state index contributed by atoms with van der Waals surface area (Å²) in [6, 6.07) is 9.94. The van der Waals surface area contributed by atoms with Crippen molar-refractivity contribution in [2.75, 3.05) is 26.2 Å². The first-order valence-corrected chi connectivity index (χ1v) is 9.64. The van der Waals surface area contributed by atoms with E-state index in [-0.39, 0.29) is 0 Å². The summed E-state index contributed by atoms with van der Waals surface area (Å²) in [5.41, 5.74) is -0.740. The van der Waals surface area contributed by atoms with Gasteiger partial charge in [-0.3, -0.25) is 4.90 Å². The van der Waals surface area contributed by atoms with Crippen LogP contribution in [0.4, 0.5) is 13.2 Å². The van der Waals surface area contributed by atoms with E-state index in [1.54, 1.807) is 0 Å². The van der Waals surface area contributed by atoms with E-state index in [0.29, 0.717) is 11.6 Å². The van der Waals surface area contributed by atoms with E-state index >= 15 is 0 Å². The van der Waals surface area contributed by atoms with E-state index in [1.165, 1.54) is 17.8 Å². The Labute approximate surface area is 161 Å². The summed E-state index contributed by atoms with van der Waals surface area (Å²) < 4.78 is 43.4. The molecular formula is C20H21F3N2OS. The van der Waals surface area contributed by atoms with Crippen LogP contribution in [-0.2, 0) is 6.18 Å². The molecular weight excluding hydrogens is 373 g/mol. The zero-order valence-electron chi connectivity index (χ0n) is 14.8. The number of hydrogen-bond acceptors (Lipinski definition) is 4. The molecule has 2 aromatic rings. The monoisotopic (exact) mass is 394 g/mol. The summed E-state index contributed by atoms with van der Waals surface area (Å²) in [7, 11) is 0. The average molecular weight is 394 g/mol. The Balaban J connectivity index is 1.43. The summed E-state index contributed by atoms with van der Waals surface area (Å²) in [6.07, 6.45) is 3.00. The molecule has 27 heavy (non-hydrogen) atoms. The molecule has 0 aliphatic carbocycles. The predicted molar refractivity (Wildman–Crippen MR) is 100 cm³/mol. The first-order chi connectivity index (χ1) is 13.0. The van der Waals surface area contributed by atoms with E-state index < -0.39 is 11.7 Å². The first-order valence-electron chi connectivity index (χ1n) is 8.82. The van der Waals surface area contributed by atoms with Crippen molar-refractivity contribution in [1.82, 2.24) is 9.88 Å². The van der Waals surface area contributed by atoms with Crippen molar-refractivity contribution in [2.45, 2.75) is 28.9 Å². The van der Waals surface area contributed by atoms with Gasteiger partial charge in [0.25, 0.3) is 0 Å². The number of alkyl halides is 3. The van der Waals surface area contributed by atoms with Gasteiger partial charge in [0.05, 0.1) is 12.2 Å². The molecule has 2 heterocycles. The fourth-order valence-corrected chi connectivity index (χ4v) is 3.46. The Bertz CT molecular complexity index is 745. The standard InChI is InChI=1S/C20H21F3N2OS/c21-20(22,23)16-5-10-19(24-15-16)27-18-8-6-17(7-9-18)26-14-4-13-25-11-2-1-3-12-25/h1-2,5-10,15H,3-4,11-14H2. The molecule has 0 radical (unpaired) electrons. The van der Waals surface area contributed by atoms with E-state index in [1.807, 2.05) is 24.3 Å². The third-order valence-corrected chi connectivity index (χ3v) is 5.10. The first kappa shape index (κ1) is 19.8. The quantitative estimate of drug-likeness (QED) is 0.471. The van der Waals surface area contributed by atoms with Crippen LogP contribution in [0.3, 0.4) is 0 Å². The van der Waals surface area contributed by atoms with Gasteiger partial charge in [-0.15, -0.1) is 0 Å². The molecule has 0 saturated carbocycles. The summed E-state index contributed by atoms with van der Waals surface area (Å²) >= 11 is 1.32. The van der Waals surface area contributed by atoms with Gasteiger partial charge in [0.2, 0.25) is 0 Å². The van der Waals surface area contributed by atoms with Crippen molar-refractivity contribution < 1.29 is 17.9 Å². The number of aromatic nitrogens is 1. The third-order valence-electron chi connectivity index (χ3n) is 4.14. The minimum absolute atomic E-state index is 0.521. The molecule has 1 aromatic heterocycles. The van der Waals surface area contributed by atoms with E-state index in [2.05, 4.69) is 22.0 Å². The lowest BCUT2D eigenvalue weighted by molar-refractivity contribution is -0.137. The van der Waals surface area contributed by atoms with E-state index in [4.69, 9.17) is 4.74 Å². The van der Waals surface area contributed by atoms with Gasteiger partial charge in [-0.25, -0.2) is 4.98 Å². The number of hydrogen-bond donors (Lipinski definition) is 0. The molecule has 0 amide bonds. The zero-order valence-corrected chi connectivity index (χ0v) is 15.6. The topological polar surface area (TPSA) is 25.4 Å². The second-order valence-electron chi connectivity index (χ2n) is 6.22. The molecule has 3 rings (SSSR count). The van der Waals surface area contributed by atoms with Crippen molar-refractivity contribution >= 4 is 11.8 Å². The molecule has 1 aliphatic rings. The van der Waals surface area contributed by atoms with Crippen molar-refractivity contribution in [2.24, 2.45) is 0 Å². The van der Waals surface area contributed by atoms with E-state index in [9.17, 15) is 13.2 Å². The molecule has 0 unspecified atom stereocenters. The van der Waals surface area contributed by atoms with Gasteiger partial charge < -0.3 is 4.74 Å². The van der Waals surface area contributed by atoms with Crippen molar-refractivity contribution in [1.29, 1.82) is 0 Å². The Morgan fingerprint density at radius 1 is 1.07 bits per heavy atom. The predicted octanol–water partition coefficient (Wildman–Crippen LogP) is 5.28. The van der Waals surface area contributed by atoms with Gasteiger partial charge in [0.15, 0.2) is 0 Å². The zero-order chi connectivity index (χ0) is 19.1. The van der Waals surface area contributed by atoms with Crippen LogP contribution < -0.4 is 4.74 Å². The minimum atomic E-state index is -4.36. The lowest BCUT2D eigenvalue weighted by atomic mass is 10.2. The second kappa shape index (κ2) is 9.28. The van der Waals surface area contributed by atoms with Crippen molar-refractivity contribution in [3.8, 4) is 5.75 Å². The van der Waals surface area contributed by atoms with Gasteiger partial charge in [0.1, 0.15) is 10.8 Å². The Kier molecular flexibility index (Phi) is 6.79. The summed E-state index contributed by atoms with van der Waals surface area (Å²) in [4.78, 5) is 7.17. The maximum Gasteiger partial charge on any atom is 0.417 e. The van der Waals surface area contributed by atoms with Gasteiger partial charge in [-0.2, -0.15) is 13.2 Å². The fraction of sp³-hybridized carbons (Fsp3) is 0.350. The Morgan fingerprint density at radius 3 is 2.52 bits per heavy atom. The second-order valence-corrected chi connectivity index (χ2v) is 7.31. The fourth-order valence-electron chi connectivity index (χ4n) is 2.70. The number of halogens is 3. The highest BCUT2D eigenvalue weighted by Gasteiger charge is 2.30. The molecule has 1 aromatic carbocycles. The average Bonchev–Trinajstić information content (AvgIpc) is 2.67. The van der Waals surface area contributed by atoms with Crippen molar-refractivity contribution in [3.05, 3.63) is 60.3 Å². The van der Waals surface area contributed by atoms with Gasteiger partial charge in [0, 0.05) is 30.7 Å². The van der Waals surface area contributed by atoms with Crippen LogP contribution >= 0.6 is 11.8 Å².